The van der Waals surface area contributed by atoms with Crippen LogP contribution in [0.4, 0.5) is 0 Å². The van der Waals surface area contributed by atoms with Gasteiger partial charge < -0.3 is 9.47 Å². The Morgan fingerprint density at radius 3 is 1.18 bits per heavy atom. The highest BCUT2D eigenvalue weighted by Crippen LogP contribution is 2.50. The second-order valence-corrected chi connectivity index (χ2v) is 10.4. The number of benzene rings is 7. The molecular formula is C36H22O2. The standard InChI is InChI=1S/C36H22O2/c1-3-7-27-25(5-1)19-37-29-17-15-23-13-11-21-9-10-22-12-14-24-16-18-30-36(28-8-4-2-6-26(28)20-38-30)34(24)32(22)31(21)33(23)35(27)29/h1-18H,19-20H2. The summed E-state index contributed by atoms with van der Waals surface area (Å²) in [6.45, 7) is 1.20. The zero-order valence-electron chi connectivity index (χ0n) is 20.6. The Morgan fingerprint density at radius 1 is 0.368 bits per heavy atom. The lowest BCUT2D eigenvalue weighted by Gasteiger charge is -2.25. The third kappa shape index (κ3) is 2.62. The maximum Gasteiger partial charge on any atom is 0.128 e. The Bertz CT molecular complexity index is 1970. The Kier molecular flexibility index (Phi) is 3.93. The highest BCUT2D eigenvalue weighted by molar-refractivity contribution is 6.32. The Morgan fingerprint density at radius 2 is 0.737 bits per heavy atom. The molecule has 0 radical (unpaired) electrons. The van der Waals surface area contributed by atoms with Gasteiger partial charge in [0.15, 0.2) is 0 Å². The number of rotatable bonds is 0. The van der Waals surface area contributed by atoms with Gasteiger partial charge in [0.1, 0.15) is 24.7 Å². The zero-order valence-corrected chi connectivity index (χ0v) is 20.6. The SMILES string of the molecule is c1ccc2c(c1)COc1ccc3ccc4ccc5ccc6ccc7c(c6c5c4c3c1-2)-c1ccccc1CO7. The van der Waals surface area contributed by atoms with Gasteiger partial charge in [0.25, 0.3) is 0 Å². The Balaban J connectivity index is 1.56. The molecule has 178 valence electrons. The van der Waals surface area contributed by atoms with Gasteiger partial charge in [-0.05, 0) is 66.7 Å². The van der Waals surface area contributed by atoms with Crippen LogP contribution in [0.3, 0.4) is 0 Å². The Labute approximate surface area is 219 Å². The van der Waals surface area contributed by atoms with Crippen LogP contribution in [0.2, 0.25) is 0 Å². The summed E-state index contributed by atoms with van der Waals surface area (Å²) in [4.78, 5) is 0. The minimum absolute atomic E-state index is 0.602. The largest absolute Gasteiger partial charge is 0.488 e. The lowest BCUT2D eigenvalue weighted by molar-refractivity contribution is 0.303. The van der Waals surface area contributed by atoms with Gasteiger partial charge in [0, 0.05) is 21.9 Å². The van der Waals surface area contributed by atoms with E-state index in [1.165, 1.54) is 76.5 Å². The monoisotopic (exact) mass is 486 g/mol. The van der Waals surface area contributed by atoms with E-state index in [0.29, 0.717) is 13.2 Å². The van der Waals surface area contributed by atoms with Gasteiger partial charge in [-0.3, -0.25) is 0 Å². The zero-order chi connectivity index (χ0) is 24.8. The first-order valence-corrected chi connectivity index (χ1v) is 13.2. The molecule has 0 N–H and O–H groups in total. The topological polar surface area (TPSA) is 18.5 Å². The van der Waals surface area contributed by atoms with Crippen molar-refractivity contribution in [2.24, 2.45) is 0 Å². The summed E-state index contributed by atoms with van der Waals surface area (Å²) in [5.41, 5.74) is 7.38. The summed E-state index contributed by atoms with van der Waals surface area (Å²) >= 11 is 0. The van der Waals surface area contributed by atoms with E-state index < -0.39 is 0 Å². The van der Waals surface area contributed by atoms with Crippen molar-refractivity contribution in [1.82, 2.24) is 0 Å². The van der Waals surface area contributed by atoms with Crippen LogP contribution in [0.25, 0.3) is 65.3 Å². The fraction of sp³-hybridized carbons (Fsp3) is 0.0556. The molecule has 7 aromatic rings. The minimum atomic E-state index is 0.602. The minimum Gasteiger partial charge on any atom is -0.488 e. The van der Waals surface area contributed by atoms with Gasteiger partial charge in [-0.2, -0.15) is 0 Å². The molecule has 2 nitrogen and oxygen atoms in total. The number of hydrogen-bond donors (Lipinski definition) is 0. The van der Waals surface area contributed by atoms with Crippen molar-refractivity contribution < 1.29 is 9.47 Å². The first-order valence-electron chi connectivity index (χ1n) is 13.2. The molecule has 0 fully saturated rings. The molecule has 0 atom stereocenters. The molecular weight excluding hydrogens is 464 g/mol. The lowest BCUT2D eigenvalue weighted by atomic mass is 9.84. The third-order valence-electron chi connectivity index (χ3n) is 8.39. The van der Waals surface area contributed by atoms with E-state index in [2.05, 4.69) is 109 Å². The first-order chi connectivity index (χ1) is 18.8. The molecule has 0 saturated heterocycles. The van der Waals surface area contributed by atoms with Crippen molar-refractivity contribution in [3.8, 4) is 33.8 Å². The van der Waals surface area contributed by atoms with E-state index in [9.17, 15) is 0 Å². The highest BCUT2D eigenvalue weighted by atomic mass is 16.5. The van der Waals surface area contributed by atoms with Crippen molar-refractivity contribution in [3.63, 3.8) is 0 Å². The highest BCUT2D eigenvalue weighted by Gasteiger charge is 2.24. The second kappa shape index (κ2) is 7.36. The van der Waals surface area contributed by atoms with Crippen LogP contribution in [-0.2, 0) is 13.2 Å². The fourth-order valence-corrected chi connectivity index (χ4v) is 6.69. The van der Waals surface area contributed by atoms with Gasteiger partial charge in [0.2, 0.25) is 0 Å². The summed E-state index contributed by atoms with van der Waals surface area (Å²) in [5.74, 6) is 1.91. The molecule has 0 saturated carbocycles. The fourth-order valence-electron chi connectivity index (χ4n) is 6.69. The van der Waals surface area contributed by atoms with Crippen LogP contribution in [-0.4, -0.2) is 0 Å². The average molecular weight is 487 g/mol. The van der Waals surface area contributed by atoms with Gasteiger partial charge in [0.05, 0.1) is 0 Å². The normalized spacial score (nSPS) is 13.5. The number of fused-ring (bicyclic) bond motifs is 15. The molecule has 38 heavy (non-hydrogen) atoms. The number of hydrogen-bond acceptors (Lipinski definition) is 2. The van der Waals surface area contributed by atoms with Crippen molar-refractivity contribution in [1.29, 1.82) is 0 Å². The van der Waals surface area contributed by atoms with Gasteiger partial charge >= 0.3 is 0 Å². The third-order valence-corrected chi connectivity index (χ3v) is 8.39. The van der Waals surface area contributed by atoms with Gasteiger partial charge in [-0.25, -0.2) is 0 Å². The van der Waals surface area contributed by atoms with Crippen LogP contribution < -0.4 is 9.47 Å². The molecule has 0 unspecified atom stereocenters. The van der Waals surface area contributed by atoms with E-state index >= 15 is 0 Å². The second-order valence-electron chi connectivity index (χ2n) is 10.4. The molecule has 7 aromatic carbocycles. The maximum absolute atomic E-state index is 6.32. The summed E-state index contributed by atoms with van der Waals surface area (Å²) in [5, 5.41) is 9.98. The lowest BCUT2D eigenvalue weighted by Crippen LogP contribution is -2.06. The van der Waals surface area contributed by atoms with E-state index in [1.54, 1.807) is 0 Å². The summed E-state index contributed by atoms with van der Waals surface area (Å²) < 4.78 is 12.6. The van der Waals surface area contributed by atoms with Crippen molar-refractivity contribution >= 4 is 43.1 Å². The average Bonchev–Trinajstić information content (AvgIpc) is 2.99. The molecule has 0 spiro atoms. The van der Waals surface area contributed by atoms with Crippen molar-refractivity contribution in [3.05, 3.63) is 120 Å². The van der Waals surface area contributed by atoms with E-state index in [-0.39, 0.29) is 0 Å². The van der Waals surface area contributed by atoms with E-state index in [0.717, 1.165) is 11.5 Å². The van der Waals surface area contributed by atoms with Crippen LogP contribution in [0, 0.1) is 0 Å². The molecule has 2 heteroatoms. The van der Waals surface area contributed by atoms with Crippen molar-refractivity contribution in [2.45, 2.75) is 13.2 Å². The van der Waals surface area contributed by atoms with E-state index in [1.807, 2.05) is 0 Å². The van der Waals surface area contributed by atoms with Crippen LogP contribution in [0.1, 0.15) is 11.1 Å². The van der Waals surface area contributed by atoms with Crippen LogP contribution >= 0.6 is 0 Å². The molecule has 0 aromatic heterocycles. The Hall–Kier alpha value is -4.82. The molecule has 2 aliphatic heterocycles. The smallest absolute Gasteiger partial charge is 0.128 e. The molecule has 0 bridgehead atoms. The van der Waals surface area contributed by atoms with Crippen molar-refractivity contribution in [2.75, 3.05) is 0 Å². The number of ether oxygens (including phenoxy) is 2. The molecule has 9 rings (SSSR count). The molecule has 0 aliphatic carbocycles. The molecule has 0 amide bonds. The molecule has 2 heterocycles. The van der Waals surface area contributed by atoms with E-state index in [4.69, 9.17) is 9.47 Å². The quantitative estimate of drug-likeness (QED) is 0.199. The van der Waals surface area contributed by atoms with Crippen LogP contribution in [0.5, 0.6) is 11.5 Å². The predicted octanol–water partition coefficient (Wildman–Crippen LogP) is 9.42. The summed E-state index contributed by atoms with van der Waals surface area (Å²) in [7, 11) is 0. The molecule has 2 aliphatic rings. The summed E-state index contributed by atoms with van der Waals surface area (Å²) in [6, 6.07) is 39.5. The summed E-state index contributed by atoms with van der Waals surface area (Å²) in [6.07, 6.45) is 0. The van der Waals surface area contributed by atoms with Gasteiger partial charge in [-0.1, -0.05) is 97.1 Å². The van der Waals surface area contributed by atoms with Crippen LogP contribution in [0.15, 0.2) is 109 Å². The maximum atomic E-state index is 6.32. The first kappa shape index (κ1) is 20.3. The van der Waals surface area contributed by atoms with Gasteiger partial charge in [-0.15, -0.1) is 0 Å². The predicted molar refractivity (Wildman–Crippen MR) is 156 cm³/mol.